The topological polar surface area (TPSA) is 87.7 Å². The summed E-state index contributed by atoms with van der Waals surface area (Å²) in [6.45, 7) is 9.27. The number of carbonyl (C=O) groups is 3. The summed E-state index contributed by atoms with van der Waals surface area (Å²) in [4.78, 5) is 41.1. The number of benzene rings is 2. The first-order valence-electron chi connectivity index (χ1n) is 12.8. The van der Waals surface area contributed by atoms with Crippen LogP contribution in [0.4, 0.5) is 10.5 Å². The van der Waals surface area contributed by atoms with Crippen LogP contribution < -0.4 is 10.6 Å². The minimum Gasteiger partial charge on any atom is -0.444 e. The summed E-state index contributed by atoms with van der Waals surface area (Å²) in [5.41, 5.74) is 1.93. The number of hydrogen-bond donors (Lipinski definition) is 2. The van der Waals surface area contributed by atoms with Gasteiger partial charge in [0.25, 0.3) is 5.91 Å². The van der Waals surface area contributed by atoms with E-state index in [0.29, 0.717) is 29.8 Å². The van der Waals surface area contributed by atoms with E-state index in [1.54, 1.807) is 45.0 Å². The molecule has 198 valence electrons. The van der Waals surface area contributed by atoms with E-state index in [1.807, 2.05) is 31.2 Å². The molecule has 0 saturated heterocycles. The fourth-order valence-electron chi connectivity index (χ4n) is 3.90. The van der Waals surface area contributed by atoms with Gasteiger partial charge in [0.15, 0.2) is 0 Å². The molecule has 2 N–H and O–H groups in total. The van der Waals surface area contributed by atoms with Crippen molar-refractivity contribution in [3.8, 4) is 12.3 Å². The number of ether oxygens (including phenoxy) is 1. The normalized spacial score (nSPS) is 11.7. The van der Waals surface area contributed by atoms with Crippen LogP contribution in [-0.4, -0.2) is 41.5 Å². The quantitative estimate of drug-likeness (QED) is 0.308. The number of amides is 3. The van der Waals surface area contributed by atoms with Crippen LogP contribution in [0, 0.1) is 19.3 Å². The van der Waals surface area contributed by atoms with Gasteiger partial charge >= 0.3 is 6.09 Å². The van der Waals surface area contributed by atoms with Crippen molar-refractivity contribution in [2.45, 2.75) is 71.9 Å². The smallest absolute Gasteiger partial charge is 0.408 e. The van der Waals surface area contributed by atoms with Crippen LogP contribution in [0.25, 0.3) is 0 Å². The molecule has 2 aromatic carbocycles. The number of terminal acetylenes is 1. The van der Waals surface area contributed by atoms with Crippen molar-refractivity contribution in [1.82, 2.24) is 10.2 Å². The van der Waals surface area contributed by atoms with Crippen molar-refractivity contribution in [1.29, 1.82) is 0 Å². The molecule has 1 unspecified atom stereocenters. The highest BCUT2D eigenvalue weighted by Gasteiger charge is 2.33. The number of carbonyl (C=O) groups excluding carboxylic acids is 3. The summed E-state index contributed by atoms with van der Waals surface area (Å²) in [6.07, 6.45) is 8.74. The number of anilines is 1. The minimum atomic E-state index is -0.985. The highest BCUT2D eigenvalue weighted by Crippen LogP contribution is 2.27. The lowest BCUT2D eigenvalue weighted by molar-refractivity contribution is -0.138. The molecule has 0 heterocycles. The number of alkyl carbamates (subject to hydrolysis) is 1. The molecule has 3 amide bonds. The molecule has 2 aromatic rings. The Morgan fingerprint density at radius 2 is 1.70 bits per heavy atom. The average molecular weight is 506 g/mol. The molecular formula is C30H39N3O4. The van der Waals surface area contributed by atoms with Gasteiger partial charge < -0.3 is 20.3 Å². The number of nitrogens with zero attached hydrogens (tertiary/aromatic N) is 1. The van der Waals surface area contributed by atoms with Crippen LogP contribution in [-0.2, 0) is 14.3 Å². The zero-order valence-electron chi connectivity index (χ0n) is 22.6. The van der Waals surface area contributed by atoms with E-state index >= 15 is 0 Å². The third kappa shape index (κ3) is 9.30. The lowest BCUT2D eigenvalue weighted by Gasteiger charge is -2.32. The Hall–Kier alpha value is -3.79. The second-order valence-corrected chi connectivity index (χ2v) is 9.94. The Bertz CT molecular complexity index is 1110. The lowest BCUT2D eigenvalue weighted by Crippen LogP contribution is -2.47. The van der Waals surface area contributed by atoms with E-state index in [1.165, 1.54) is 4.90 Å². The van der Waals surface area contributed by atoms with Gasteiger partial charge in [-0.15, -0.1) is 6.42 Å². The highest BCUT2D eigenvalue weighted by atomic mass is 16.6. The summed E-state index contributed by atoms with van der Waals surface area (Å²) < 4.78 is 5.28. The Morgan fingerprint density at radius 1 is 1.03 bits per heavy atom. The Kier molecular flexibility index (Phi) is 11.2. The Labute approximate surface area is 221 Å². The molecule has 0 bridgehead atoms. The fourth-order valence-corrected chi connectivity index (χ4v) is 3.90. The zero-order chi connectivity index (χ0) is 27.4. The molecule has 0 aliphatic heterocycles. The summed E-state index contributed by atoms with van der Waals surface area (Å²) >= 11 is 0. The van der Waals surface area contributed by atoms with Gasteiger partial charge in [-0.05, 0) is 57.4 Å². The van der Waals surface area contributed by atoms with Crippen molar-refractivity contribution in [3.63, 3.8) is 0 Å². The molecule has 0 aliphatic rings. The molecule has 0 saturated carbocycles. The predicted octanol–water partition coefficient (Wildman–Crippen LogP) is 5.59. The van der Waals surface area contributed by atoms with Crippen molar-refractivity contribution < 1.29 is 19.1 Å². The average Bonchev–Trinajstić information content (AvgIpc) is 2.85. The van der Waals surface area contributed by atoms with E-state index in [4.69, 9.17) is 11.2 Å². The summed E-state index contributed by atoms with van der Waals surface area (Å²) in [7, 11) is 0. The first kappa shape index (κ1) is 29.4. The van der Waals surface area contributed by atoms with E-state index < -0.39 is 23.6 Å². The first-order valence-corrected chi connectivity index (χ1v) is 12.8. The van der Waals surface area contributed by atoms with Crippen LogP contribution in [0.3, 0.4) is 0 Å². The van der Waals surface area contributed by atoms with Gasteiger partial charge in [0.2, 0.25) is 5.91 Å². The number of unbranched alkanes of at least 4 members (excludes halogenated alkanes) is 3. The standard InChI is InChI=1S/C30H39N3O4/c1-7-9-10-15-20-33(26(34)21-31-29(36)37-30(4,5)6)27(24-18-13-12-17-23(24)8-2)28(35)32-25-19-14-11-16-22(25)3/h2,11-14,16-19,27H,7,9-10,15,20-21H2,1,3-6H3,(H,31,36)(H,32,35). The summed E-state index contributed by atoms with van der Waals surface area (Å²) in [5, 5.41) is 5.51. The van der Waals surface area contributed by atoms with E-state index in [9.17, 15) is 14.4 Å². The zero-order valence-corrected chi connectivity index (χ0v) is 22.6. The summed E-state index contributed by atoms with van der Waals surface area (Å²) in [5.74, 6) is 1.86. The molecule has 37 heavy (non-hydrogen) atoms. The lowest BCUT2D eigenvalue weighted by atomic mass is 9.97. The number of aryl methyl sites for hydroxylation is 1. The molecular weight excluding hydrogens is 466 g/mol. The maximum Gasteiger partial charge on any atom is 0.408 e. The molecule has 0 aliphatic carbocycles. The Morgan fingerprint density at radius 3 is 2.35 bits per heavy atom. The van der Waals surface area contributed by atoms with Gasteiger partial charge in [0.05, 0.1) is 0 Å². The molecule has 7 nitrogen and oxygen atoms in total. The molecule has 0 fully saturated rings. The number of nitrogens with one attached hydrogen (secondary N) is 2. The van der Waals surface area contributed by atoms with E-state index in [-0.39, 0.29) is 12.5 Å². The largest absolute Gasteiger partial charge is 0.444 e. The second-order valence-electron chi connectivity index (χ2n) is 9.94. The van der Waals surface area contributed by atoms with Crippen LogP contribution in [0.15, 0.2) is 48.5 Å². The van der Waals surface area contributed by atoms with Gasteiger partial charge in [0, 0.05) is 17.8 Å². The third-order valence-corrected chi connectivity index (χ3v) is 5.73. The monoisotopic (exact) mass is 505 g/mol. The first-order chi connectivity index (χ1) is 17.6. The maximum absolute atomic E-state index is 13.8. The van der Waals surface area contributed by atoms with E-state index in [0.717, 1.165) is 24.8 Å². The molecule has 0 aromatic heterocycles. The van der Waals surface area contributed by atoms with Crippen molar-refractivity contribution >= 4 is 23.6 Å². The van der Waals surface area contributed by atoms with Crippen LogP contribution in [0.2, 0.25) is 0 Å². The fraction of sp³-hybridized carbons (Fsp3) is 0.433. The summed E-state index contributed by atoms with van der Waals surface area (Å²) in [6, 6.07) is 13.6. The number of hydrogen-bond acceptors (Lipinski definition) is 4. The SMILES string of the molecule is C#Cc1ccccc1C(C(=O)Nc1ccccc1C)N(CCCCCC)C(=O)CNC(=O)OC(C)(C)C. The van der Waals surface area contributed by atoms with Crippen molar-refractivity contribution in [2.24, 2.45) is 0 Å². The van der Waals surface area contributed by atoms with Gasteiger partial charge in [-0.25, -0.2) is 4.79 Å². The maximum atomic E-state index is 13.8. The van der Waals surface area contributed by atoms with E-state index in [2.05, 4.69) is 23.5 Å². The van der Waals surface area contributed by atoms with Gasteiger partial charge in [0.1, 0.15) is 18.2 Å². The van der Waals surface area contributed by atoms with Crippen LogP contribution in [0.1, 0.15) is 76.1 Å². The molecule has 0 spiro atoms. The van der Waals surface area contributed by atoms with Gasteiger partial charge in [-0.2, -0.15) is 0 Å². The Balaban J connectivity index is 2.43. The van der Waals surface area contributed by atoms with Crippen LogP contribution >= 0.6 is 0 Å². The van der Waals surface area contributed by atoms with Crippen molar-refractivity contribution in [3.05, 3.63) is 65.2 Å². The molecule has 1 atom stereocenters. The van der Waals surface area contributed by atoms with Gasteiger partial charge in [-0.1, -0.05) is 68.5 Å². The molecule has 2 rings (SSSR count). The predicted molar refractivity (Wildman–Crippen MR) is 147 cm³/mol. The third-order valence-electron chi connectivity index (χ3n) is 5.73. The van der Waals surface area contributed by atoms with Crippen LogP contribution in [0.5, 0.6) is 0 Å². The second kappa shape index (κ2) is 14.1. The molecule has 0 radical (unpaired) electrons. The molecule has 7 heteroatoms. The number of para-hydroxylation sites is 1. The van der Waals surface area contributed by atoms with Crippen molar-refractivity contribution in [2.75, 3.05) is 18.4 Å². The number of rotatable bonds is 11. The van der Waals surface area contributed by atoms with Gasteiger partial charge in [-0.3, -0.25) is 9.59 Å². The minimum absolute atomic E-state index is 0.310. The highest BCUT2D eigenvalue weighted by molar-refractivity contribution is 5.99.